The summed E-state index contributed by atoms with van der Waals surface area (Å²) in [6.45, 7) is 3.11. The molecule has 2 amide bonds. The first-order chi connectivity index (χ1) is 12.6. The van der Waals surface area contributed by atoms with Gasteiger partial charge in [0.05, 0.1) is 12.2 Å². The Bertz CT molecular complexity index is 863. The lowest BCUT2D eigenvalue weighted by molar-refractivity contribution is 0.210. The summed E-state index contributed by atoms with van der Waals surface area (Å²) in [5.74, 6) is -0.434. The molecule has 0 aliphatic rings. The molecule has 0 aliphatic carbocycles. The van der Waals surface area contributed by atoms with Crippen molar-refractivity contribution < 1.29 is 9.18 Å². The number of carbonyl (C=O) groups excluding carboxylic acids is 1. The van der Waals surface area contributed by atoms with Gasteiger partial charge in [0, 0.05) is 16.3 Å². The minimum absolute atomic E-state index is 0.199. The van der Waals surface area contributed by atoms with E-state index in [0.29, 0.717) is 13.1 Å². The Morgan fingerprint density at radius 3 is 2.46 bits per heavy atom. The van der Waals surface area contributed by atoms with E-state index in [1.165, 1.54) is 16.5 Å². The highest BCUT2D eigenvalue weighted by Crippen LogP contribution is 2.19. The molecule has 2 aromatic carbocycles. The molecule has 0 radical (unpaired) electrons. The fourth-order valence-electron chi connectivity index (χ4n) is 2.68. The first-order valence-electron chi connectivity index (χ1n) is 8.51. The molecule has 0 saturated heterocycles. The Hall–Kier alpha value is -2.66. The second kappa shape index (κ2) is 8.63. The lowest BCUT2D eigenvalue weighted by Gasteiger charge is -2.23. The largest absolute Gasteiger partial charge is 0.322 e. The Morgan fingerprint density at radius 2 is 1.77 bits per heavy atom. The van der Waals surface area contributed by atoms with E-state index in [-0.39, 0.29) is 11.7 Å². The quantitative estimate of drug-likeness (QED) is 0.614. The summed E-state index contributed by atoms with van der Waals surface area (Å²) < 4.78 is 13.9. The topological polar surface area (TPSA) is 32.3 Å². The molecule has 1 N–H and O–H groups in total. The number of hydrogen-bond acceptors (Lipinski definition) is 2. The van der Waals surface area contributed by atoms with Gasteiger partial charge in [0.15, 0.2) is 0 Å². The molecule has 134 valence electrons. The van der Waals surface area contributed by atoms with E-state index in [2.05, 4.69) is 5.32 Å². The van der Waals surface area contributed by atoms with Crippen LogP contribution < -0.4 is 5.32 Å². The fourth-order valence-corrected chi connectivity index (χ4v) is 3.58. The maximum Gasteiger partial charge on any atom is 0.322 e. The van der Waals surface area contributed by atoms with Crippen LogP contribution in [0, 0.1) is 12.7 Å². The Kier molecular flexibility index (Phi) is 6.02. The van der Waals surface area contributed by atoms with Gasteiger partial charge in [0.25, 0.3) is 0 Å². The number of para-hydroxylation sites is 1. The summed E-state index contributed by atoms with van der Waals surface area (Å²) in [4.78, 5) is 16.8. The van der Waals surface area contributed by atoms with E-state index in [0.717, 1.165) is 11.3 Å². The number of aryl methyl sites for hydroxylation is 1. The number of nitrogens with one attached hydrogen (secondary N) is 1. The molecule has 0 atom stereocenters. The molecule has 3 nitrogen and oxygen atoms in total. The third-order valence-corrected chi connectivity index (χ3v) is 5.04. The van der Waals surface area contributed by atoms with Gasteiger partial charge in [0.1, 0.15) is 5.82 Å². The van der Waals surface area contributed by atoms with Gasteiger partial charge in [0.2, 0.25) is 0 Å². The average molecular weight is 368 g/mol. The van der Waals surface area contributed by atoms with Crippen LogP contribution in [0.5, 0.6) is 0 Å². The SMILES string of the molecule is Cc1ccc(CN(CCc2ccccc2)C(=O)Nc2ccccc2F)s1. The zero-order valence-corrected chi connectivity index (χ0v) is 15.4. The van der Waals surface area contributed by atoms with Crippen LogP contribution in [0.15, 0.2) is 66.7 Å². The maximum absolute atomic E-state index is 13.9. The van der Waals surface area contributed by atoms with E-state index in [1.807, 2.05) is 49.4 Å². The van der Waals surface area contributed by atoms with E-state index in [1.54, 1.807) is 34.4 Å². The summed E-state index contributed by atoms with van der Waals surface area (Å²) in [7, 11) is 0. The van der Waals surface area contributed by atoms with Gasteiger partial charge in [-0.15, -0.1) is 11.3 Å². The van der Waals surface area contributed by atoms with Crippen molar-refractivity contribution in [3.05, 3.63) is 87.9 Å². The summed E-state index contributed by atoms with van der Waals surface area (Å²) >= 11 is 1.67. The smallest absolute Gasteiger partial charge is 0.319 e. The maximum atomic E-state index is 13.9. The second-order valence-electron chi connectivity index (χ2n) is 6.08. The van der Waals surface area contributed by atoms with Crippen molar-refractivity contribution in [1.82, 2.24) is 4.90 Å². The van der Waals surface area contributed by atoms with Gasteiger partial charge < -0.3 is 10.2 Å². The van der Waals surface area contributed by atoms with Gasteiger partial charge in [-0.1, -0.05) is 42.5 Å². The van der Waals surface area contributed by atoms with Crippen molar-refractivity contribution in [3.63, 3.8) is 0 Å². The van der Waals surface area contributed by atoms with Crippen LogP contribution in [0.2, 0.25) is 0 Å². The molecule has 5 heteroatoms. The van der Waals surface area contributed by atoms with Crippen molar-refractivity contribution in [2.75, 3.05) is 11.9 Å². The molecular weight excluding hydrogens is 347 g/mol. The number of halogens is 1. The van der Waals surface area contributed by atoms with E-state index < -0.39 is 5.82 Å². The molecule has 1 heterocycles. The molecule has 1 aromatic heterocycles. The van der Waals surface area contributed by atoms with Crippen molar-refractivity contribution in [2.24, 2.45) is 0 Å². The molecule has 0 bridgehead atoms. The molecule has 3 aromatic rings. The Labute approximate surface area is 157 Å². The number of anilines is 1. The number of nitrogens with zero attached hydrogens (tertiary/aromatic N) is 1. The summed E-state index contributed by atoms with van der Waals surface area (Å²) in [6, 6.07) is 20.0. The van der Waals surface area contributed by atoms with Gasteiger partial charge in [-0.3, -0.25) is 0 Å². The number of benzene rings is 2. The van der Waals surface area contributed by atoms with Crippen molar-refractivity contribution in [2.45, 2.75) is 19.9 Å². The first kappa shape index (κ1) is 18.1. The van der Waals surface area contributed by atoms with Crippen molar-refractivity contribution in [3.8, 4) is 0 Å². The number of carbonyl (C=O) groups is 1. The van der Waals surface area contributed by atoms with Gasteiger partial charge in [-0.05, 0) is 43.2 Å². The number of rotatable bonds is 6. The summed E-state index contributed by atoms with van der Waals surface area (Å²) in [5, 5.41) is 2.69. The highest BCUT2D eigenvalue weighted by atomic mass is 32.1. The molecule has 0 saturated carbocycles. The number of thiophene rings is 1. The molecule has 0 aliphatic heterocycles. The van der Waals surface area contributed by atoms with Crippen LogP contribution >= 0.6 is 11.3 Å². The lowest BCUT2D eigenvalue weighted by atomic mass is 10.1. The van der Waals surface area contributed by atoms with Gasteiger partial charge in [-0.2, -0.15) is 0 Å². The highest BCUT2D eigenvalue weighted by Gasteiger charge is 2.16. The summed E-state index contributed by atoms with van der Waals surface area (Å²) in [6.07, 6.45) is 0.746. The van der Waals surface area contributed by atoms with E-state index in [4.69, 9.17) is 0 Å². The number of urea groups is 1. The van der Waals surface area contributed by atoms with E-state index in [9.17, 15) is 9.18 Å². The van der Waals surface area contributed by atoms with Crippen LogP contribution in [0.1, 0.15) is 15.3 Å². The van der Waals surface area contributed by atoms with Crippen LogP contribution in [0.3, 0.4) is 0 Å². The van der Waals surface area contributed by atoms with Crippen molar-refractivity contribution in [1.29, 1.82) is 0 Å². The highest BCUT2D eigenvalue weighted by molar-refractivity contribution is 7.11. The zero-order valence-electron chi connectivity index (χ0n) is 14.6. The van der Waals surface area contributed by atoms with Crippen LogP contribution in [0.25, 0.3) is 0 Å². The monoisotopic (exact) mass is 368 g/mol. The van der Waals surface area contributed by atoms with Crippen LogP contribution in [-0.4, -0.2) is 17.5 Å². The number of hydrogen-bond donors (Lipinski definition) is 1. The third kappa shape index (κ3) is 4.92. The van der Waals surface area contributed by atoms with Crippen LogP contribution in [0.4, 0.5) is 14.9 Å². The van der Waals surface area contributed by atoms with E-state index >= 15 is 0 Å². The predicted octanol–water partition coefficient (Wildman–Crippen LogP) is 5.47. The van der Waals surface area contributed by atoms with Gasteiger partial charge in [-0.25, -0.2) is 9.18 Å². The second-order valence-corrected chi connectivity index (χ2v) is 7.45. The first-order valence-corrected chi connectivity index (χ1v) is 9.33. The van der Waals surface area contributed by atoms with Crippen molar-refractivity contribution >= 4 is 23.1 Å². The standard InChI is InChI=1S/C21H21FN2OS/c1-16-11-12-18(26-16)15-24(14-13-17-7-3-2-4-8-17)21(25)23-20-10-6-5-9-19(20)22/h2-12H,13-15H2,1H3,(H,23,25). The van der Waals surface area contributed by atoms with Gasteiger partial charge >= 0.3 is 6.03 Å². The Morgan fingerprint density at radius 1 is 1.04 bits per heavy atom. The Balaban J connectivity index is 1.72. The molecule has 0 spiro atoms. The average Bonchev–Trinajstić information content (AvgIpc) is 3.06. The lowest BCUT2D eigenvalue weighted by Crippen LogP contribution is -2.36. The molecule has 26 heavy (non-hydrogen) atoms. The molecular formula is C21H21FN2OS. The molecule has 0 fully saturated rings. The normalized spacial score (nSPS) is 10.5. The molecule has 0 unspecified atom stereocenters. The minimum atomic E-state index is -0.434. The third-order valence-electron chi connectivity index (χ3n) is 4.06. The predicted molar refractivity (Wildman–Crippen MR) is 105 cm³/mol. The summed E-state index contributed by atoms with van der Waals surface area (Å²) in [5.41, 5.74) is 1.36. The fraction of sp³-hybridized carbons (Fsp3) is 0.190. The number of amides is 2. The zero-order chi connectivity index (χ0) is 18.4. The van der Waals surface area contributed by atoms with Crippen LogP contribution in [-0.2, 0) is 13.0 Å². The minimum Gasteiger partial charge on any atom is -0.319 e. The molecule has 3 rings (SSSR count).